The number of carbonyl (C=O) groups is 2. The first-order chi connectivity index (χ1) is 12.1. The zero-order valence-corrected chi connectivity index (χ0v) is 16.0. The van der Waals surface area contributed by atoms with Crippen molar-refractivity contribution in [2.24, 2.45) is 5.92 Å². The molecule has 1 N–H and O–H groups in total. The molecule has 2 heterocycles. The van der Waals surface area contributed by atoms with Crippen LogP contribution in [0.1, 0.15) is 45.9 Å². The van der Waals surface area contributed by atoms with Gasteiger partial charge in [0.05, 0.1) is 12.2 Å². The lowest BCUT2D eigenvalue weighted by atomic mass is 9.88. The van der Waals surface area contributed by atoms with Gasteiger partial charge in [-0.3, -0.25) is 4.79 Å². The molecule has 25 heavy (non-hydrogen) atoms. The SMILES string of the molecule is CCOC(=O)c1c(NC(=O)/C=C/c2cccs2)sc2c1CC[C@H](C)C2. The normalized spacial score (nSPS) is 16.6. The molecule has 0 fully saturated rings. The molecule has 0 saturated heterocycles. The van der Waals surface area contributed by atoms with E-state index >= 15 is 0 Å². The average molecular weight is 376 g/mol. The topological polar surface area (TPSA) is 55.4 Å². The number of fused-ring (bicyclic) bond motifs is 1. The lowest BCUT2D eigenvalue weighted by Crippen LogP contribution is -2.15. The van der Waals surface area contributed by atoms with E-state index in [-0.39, 0.29) is 11.9 Å². The predicted molar refractivity (Wildman–Crippen MR) is 103 cm³/mol. The van der Waals surface area contributed by atoms with Crippen molar-refractivity contribution in [3.05, 3.63) is 44.5 Å². The Morgan fingerprint density at radius 1 is 1.44 bits per heavy atom. The first-order valence-corrected chi connectivity index (χ1v) is 10.1. The summed E-state index contributed by atoms with van der Waals surface area (Å²) in [5.74, 6) is 0.0288. The molecule has 0 saturated carbocycles. The van der Waals surface area contributed by atoms with Crippen molar-refractivity contribution >= 4 is 45.6 Å². The zero-order valence-electron chi connectivity index (χ0n) is 14.3. The predicted octanol–water partition coefficient (Wildman–Crippen LogP) is 4.76. The molecule has 0 unspecified atom stereocenters. The summed E-state index contributed by atoms with van der Waals surface area (Å²) in [4.78, 5) is 26.9. The van der Waals surface area contributed by atoms with Gasteiger partial charge in [-0.15, -0.1) is 22.7 Å². The minimum atomic E-state index is -0.341. The number of nitrogens with one attached hydrogen (secondary N) is 1. The molecule has 4 nitrogen and oxygen atoms in total. The van der Waals surface area contributed by atoms with E-state index in [1.54, 1.807) is 24.3 Å². The molecule has 0 radical (unpaired) electrons. The number of ether oxygens (including phenoxy) is 1. The van der Waals surface area contributed by atoms with E-state index in [0.717, 1.165) is 29.7 Å². The second-order valence-electron chi connectivity index (χ2n) is 6.11. The second kappa shape index (κ2) is 7.97. The van der Waals surface area contributed by atoms with E-state index in [1.165, 1.54) is 22.3 Å². The van der Waals surface area contributed by atoms with Gasteiger partial charge in [-0.2, -0.15) is 0 Å². The van der Waals surface area contributed by atoms with E-state index in [4.69, 9.17) is 4.74 Å². The summed E-state index contributed by atoms with van der Waals surface area (Å²) in [6.07, 6.45) is 6.15. The van der Waals surface area contributed by atoms with Crippen LogP contribution in [-0.4, -0.2) is 18.5 Å². The standard InChI is InChI=1S/C19H21NO3S2/c1-3-23-19(22)17-14-8-6-12(2)11-15(14)25-18(17)20-16(21)9-7-13-5-4-10-24-13/h4-5,7,9-10,12H,3,6,8,11H2,1-2H3,(H,20,21)/b9-7+/t12-/m0/s1. The third-order valence-electron chi connectivity index (χ3n) is 4.17. The highest BCUT2D eigenvalue weighted by atomic mass is 32.1. The van der Waals surface area contributed by atoms with Gasteiger partial charge >= 0.3 is 5.97 Å². The highest BCUT2D eigenvalue weighted by Crippen LogP contribution is 2.40. The van der Waals surface area contributed by atoms with Crippen molar-refractivity contribution in [2.75, 3.05) is 11.9 Å². The molecule has 0 bridgehead atoms. The van der Waals surface area contributed by atoms with Gasteiger partial charge in [0.25, 0.3) is 0 Å². The largest absolute Gasteiger partial charge is 0.462 e. The number of thiophene rings is 2. The summed E-state index contributed by atoms with van der Waals surface area (Å²) < 4.78 is 5.22. The monoisotopic (exact) mass is 375 g/mol. The van der Waals surface area contributed by atoms with Crippen molar-refractivity contribution in [3.8, 4) is 0 Å². The van der Waals surface area contributed by atoms with Crippen LogP contribution in [0.25, 0.3) is 6.08 Å². The molecule has 0 aliphatic heterocycles. The minimum absolute atomic E-state index is 0.231. The summed E-state index contributed by atoms with van der Waals surface area (Å²) in [7, 11) is 0. The van der Waals surface area contributed by atoms with Gasteiger partial charge in [0, 0.05) is 15.8 Å². The van der Waals surface area contributed by atoms with Gasteiger partial charge in [-0.05, 0) is 55.2 Å². The summed E-state index contributed by atoms with van der Waals surface area (Å²) in [5, 5.41) is 5.45. The lowest BCUT2D eigenvalue weighted by Gasteiger charge is -2.18. The minimum Gasteiger partial charge on any atom is -0.462 e. The smallest absolute Gasteiger partial charge is 0.341 e. The number of carbonyl (C=O) groups excluding carboxylic acids is 2. The van der Waals surface area contributed by atoms with E-state index in [9.17, 15) is 9.59 Å². The number of hydrogen-bond donors (Lipinski definition) is 1. The molecular formula is C19H21NO3S2. The number of esters is 1. The third kappa shape index (κ3) is 4.19. The molecule has 0 aromatic carbocycles. The first kappa shape index (κ1) is 17.9. The van der Waals surface area contributed by atoms with Crippen LogP contribution < -0.4 is 5.32 Å². The first-order valence-electron chi connectivity index (χ1n) is 8.42. The van der Waals surface area contributed by atoms with Crippen molar-refractivity contribution in [3.63, 3.8) is 0 Å². The van der Waals surface area contributed by atoms with E-state index in [2.05, 4.69) is 12.2 Å². The molecule has 132 valence electrons. The van der Waals surface area contributed by atoms with Crippen molar-refractivity contribution in [1.29, 1.82) is 0 Å². The van der Waals surface area contributed by atoms with Gasteiger partial charge in [-0.25, -0.2) is 4.79 Å². The Bertz CT molecular complexity index is 790. The molecule has 0 spiro atoms. The molecule has 1 aliphatic carbocycles. The number of amides is 1. The van der Waals surface area contributed by atoms with Crippen molar-refractivity contribution in [1.82, 2.24) is 0 Å². The van der Waals surface area contributed by atoms with Crippen LogP contribution >= 0.6 is 22.7 Å². The Morgan fingerprint density at radius 2 is 2.28 bits per heavy atom. The van der Waals surface area contributed by atoms with Crippen LogP contribution in [-0.2, 0) is 22.4 Å². The molecular weight excluding hydrogens is 354 g/mol. The summed E-state index contributed by atoms with van der Waals surface area (Å²) in [6, 6.07) is 3.89. The fourth-order valence-electron chi connectivity index (χ4n) is 2.96. The van der Waals surface area contributed by atoms with Gasteiger partial charge in [0.1, 0.15) is 5.00 Å². The Morgan fingerprint density at radius 3 is 3.00 bits per heavy atom. The summed E-state index contributed by atoms with van der Waals surface area (Å²) in [6.45, 7) is 4.33. The van der Waals surface area contributed by atoms with E-state index in [1.807, 2.05) is 17.5 Å². The Labute approximate surface area is 155 Å². The number of anilines is 1. The highest BCUT2D eigenvalue weighted by Gasteiger charge is 2.28. The van der Waals surface area contributed by atoms with Gasteiger partial charge in [0.2, 0.25) is 5.91 Å². The Hall–Kier alpha value is -1.92. The average Bonchev–Trinajstić information content (AvgIpc) is 3.19. The fourth-order valence-corrected chi connectivity index (χ4v) is 4.98. The zero-order chi connectivity index (χ0) is 17.8. The van der Waals surface area contributed by atoms with Gasteiger partial charge in [0.15, 0.2) is 0 Å². The van der Waals surface area contributed by atoms with Gasteiger partial charge < -0.3 is 10.1 Å². The van der Waals surface area contributed by atoms with Crippen LogP contribution in [0.15, 0.2) is 23.6 Å². The Balaban J connectivity index is 1.84. The molecule has 1 amide bonds. The van der Waals surface area contributed by atoms with E-state index in [0.29, 0.717) is 23.1 Å². The number of rotatable bonds is 5. The maximum atomic E-state index is 12.4. The maximum Gasteiger partial charge on any atom is 0.341 e. The Kier molecular flexibility index (Phi) is 5.71. The highest BCUT2D eigenvalue weighted by molar-refractivity contribution is 7.17. The van der Waals surface area contributed by atoms with Gasteiger partial charge in [-0.1, -0.05) is 13.0 Å². The summed E-state index contributed by atoms with van der Waals surface area (Å²) >= 11 is 3.08. The molecule has 3 rings (SSSR count). The van der Waals surface area contributed by atoms with Crippen LogP contribution in [0, 0.1) is 5.92 Å². The molecule has 1 aliphatic rings. The van der Waals surface area contributed by atoms with Crippen molar-refractivity contribution in [2.45, 2.75) is 33.1 Å². The lowest BCUT2D eigenvalue weighted by molar-refractivity contribution is -0.111. The third-order valence-corrected chi connectivity index (χ3v) is 6.18. The molecule has 2 aromatic heterocycles. The number of hydrogen-bond acceptors (Lipinski definition) is 5. The van der Waals surface area contributed by atoms with Crippen LogP contribution in [0.3, 0.4) is 0 Å². The fraction of sp³-hybridized carbons (Fsp3) is 0.368. The van der Waals surface area contributed by atoms with Crippen LogP contribution in [0.4, 0.5) is 5.00 Å². The molecule has 6 heteroatoms. The summed E-state index contributed by atoms with van der Waals surface area (Å²) in [5.41, 5.74) is 1.60. The van der Waals surface area contributed by atoms with Crippen LogP contribution in [0.2, 0.25) is 0 Å². The maximum absolute atomic E-state index is 12.4. The molecule has 2 aromatic rings. The van der Waals surface area contributed by atoms with E-state index < -0.39 is 0 Å². The van der Waals surface area contributed by atoms with Crippen molar-refractivity contribution < 1.29 is 14.3 Å². The molecule has 1 atom stereocenters. The second-order valence-corrected chi connectivity index (χ2v) is 8.20. The van der Waals surface area contributed by atoms with Crippen LogP contribution in [0.5, 0.6) is 0 Å². The quantitative estimate of drug-likeness (QED) is 0.605.